The number of nitrogens with zero attached hydrogens (tertiary/aromatic N) is 1. The molecule has 0 saturated heterocycles. The van der Waals surface area contributed by atoms with Gasteiger partial charge in [0.15, 0.2) is 0 Å². The number of rotatable bonds is 6. The van der Waals surface area contributed by atoms with Crippen LogP contribution in [0.2, 0.25) is 0 Å². The van der Waals surface area contributed by atoms with Gasteiger partial charge in [-0.25, -0.2) is 0 Å². The number of hydrogen-bond acceptors (Lipinski definition) is 6. The van der Waals surface area contributed by atoms with Crippen LogP contribution in [0.25, 0.3) is 11.3 Å². The fourth-order valence-electron chi connectivity index (χ4n) is 1.91. The summed E-state index contributed by atoms with van der Waals surface area (Å²) >= 11 is 0. The number of carbonyl (C=O) groups excluding carboxylic acids is 1. The number of nitro benzene ring substituents is 1. The van der Waals surface area contributed by atoms with Gasteiger partial charge in [0.1, 0.15) is 17.6 Å². The molecule has 1 aromatic heterocycles. The van der Waals surface area contributed by atoms with Crippen molar-refractivity contribution < 1.29 is 24.0 Å². The summed E-state index contributed by atoms with van der Waals surface area (Å²) in [5, 5.41) is 20.5. The highest BCUT2D eigenvalue weighted by molar-refractivity contribution is 5.70. The van der Waals surface area contributed by atoms with Crippen LogP contribution in [0.4, 0.5) is 5.69 Å². The molecular weight excluding hydrogens is 290 g/mol. The molecule has 1 atom stereocenters. The lowest BCUT2D eigenvalue weighted by atomic mass is 10.1. The van der Waals surface area contributed by atoms with Gasteiger partial charge in [0.25, 0.3) is 5.69 Å². The predicted octanol–water partition coefficient (Wildman–Crippen LogP) is 2.84. The summed E-state index contributed by atoms with van der Waals surface area (Å²) in [5.41, 5.74) is 0.623. The Kier molecular flexibility index (Phi) is 4.90. The van der Waals surface area contributed by atoms with Gasteiger partial charge in [0.2, 0.25) is 0 Å². The van der Waals surface area contributed by atoms with Crippen molar-refractivity contribution in [3.63, 3.8) is 0 Å². The fourth-order valence-corrected chi connectivity index (χ4v) is 1.91. The van der Waals surface area contributed by atoms with Crippen LogP contribution in [-0.4, -0.2) is 22.6 Å². The summed E-state index contributed by atoms with van der Waals surface area (Å²) in [6, 6.07) is 9.03. The molecule has 0 fully saturated rings. The average Bonchev–Trinajstić information content (AvgIpc) is 2.97. The highest BCUT2D eigenvalue weighted by atomic mass is 16.6. The molecule has 1 N–H and O–H groups in total. The first kappa shape index (κ1) is 15.7. The number of hydrogen-bond donors (Lipinski definition) is 1. The molecule has 0 aliphatic heterocycles. The van der Waals surface area contributed by atoms with Crippen molar-refractivity contribution in [1.82, 2.24) is 0 Å². The Labute approximate surface area is 126 Å². The van der Waals surface area contributed by atoms with Crippen LogP contribution in [0.3, 0.4) is 0 Å². The quantitative estimate of drug-likeness (QED) is 0.500. The Morgan fingerprint density at radius 2 is 2.00 bits per heavy atom. The molecular formula is C15H15NO6. The summed E-state index contributed by atoms with van der Waals surface area (Å²) in [7, 11) is 0. The molecule has 0 amide bonds. The first-order valence-corrected chi connectivity index (χ1v) is 6.69. The molecule has 1 unspecified atom stereocenters. The smallest absolute Gasteiger partial charge is 0.308 e. The largest absolute Gasteiger partial charge is 0.466 e. The van der Waals surface area contributed by atoms with Crippen molar-refractivity contribution in [2.75, 3.05) is 6.61 Å². The molecule has 1 aromatic carbocycles. The number of esters is 1. The molecule has 7 heteroatoms. The third-order valence-electron chi connectivity index (χ3n) is 2.98. The van der Waals surface area contributed by atoms with Gasteiger partial charge in [-0.3, -0.25) is 14.9 Å². The summed E-state index contributed by atoms with van der Waals surface area (Å²) in [5.74, 6) is 0.178. The van der Waals surface area contributed by atoms with E-state index in [4.69, 9.17) is 9.15 Å². The van der Waals surface area contributed by atoms with Crippen molar-refractivity contribution in [1.29, 1.82) is 0 Å². The third-order valence-corrected chi connectivity index (χ3v) is 2.98. The topological polar surface area (TPSA) is 103 Å². The molecule has 0 aliphatic carbocycles. The SMILES string of the molecule is CCOC(=O)CC(O)c1ccc(-c2ccc([N+](=O)[O-])cc2)o1. The number of aliphatic hydroxyl groups excluding tert-OH is 1. The van der Waals surface area contributed by atoms with Crippen molar-refractivity contribution in [3.05, 3.63) is 52.3 Å². The standard InChI is InChI=1S/C15H15NO6/c1-2-21-15(18)9-12(17)14-8-7-13(22-14)10-3-5-11(6-4-10)16(19)20/h3-8,12,17H,2,9H2,1H3. The molecule has 0 spiro atoms. The van der Waals surface area contributed by atoms with Crippen molar-refractivity contribution in [2.45, 2.75) is 19.4 Å². The molecule has 2 rings (SSSR count). The van der Waals surface area contributed by atoms with E-state index in [-0.39, 0.29) is 24.5 Å². The molecule has 0 radical (unpaired) electrons. The van der Waals surface area contributed by atoms with Crippen LogP contribution >= 0.6 is 0 Å². The normalized spacial score (nSPS) is 11.9. The first-order chi connectivity index (χ1) is 10.5. The van der Waals surface area contributed by atoms with Crippen molar-refractivity contribution in [2.24, 2.45) is 0 Å². The monoisotopic (exact) mass is 305 g/mol. The number of ether oxygens (including phenoxy) is 1. The summed E-state index contributed by atoms with van der Waals surface area (Å²) in [6.07, 6.45) is -1.29. The van der Waals surface area contributed by atoms with Gasteiger partial charge in [0.05, 0.1) is 18.0 Å². The number of aliphatic hydroxyl groups is 1. The van der Waals surface area contributed by atoms with Gasteiger partial charge in [-0.1, -0.05) is 0 Å². The molecule has 22 heavy (non-hydrogen) atoms. The maximum Gasteiger partial charge on any atom is 0.308 e. The van der Waals surface area contributed by atoms with Gasteiger partial charge >= 0.3 is 5.97 Å². The number of benzene rings is 1. The van der Waals surface area contributed by atoms with E-state index in [0.29, 0.717) is 11.3 Å². The number of nitro groups is 1. The minimum Gasteiger partial charge on any atom is -0.466 e. The first-order valence-electron chi connectivity index (χ1n) is 6.69. The Morgan fingerprint density at radius 1 is 1.32 bits per heavy atom. The van der Waals surface area contributed by atoms with Crippen molar-refractivity contribution >= 4 is 11.7 Å². The molecule has 116 valence electrons. The van der Waals surface area contributed by atoms with E-state index in [0.717, 1.165) is 0 Å². The second-order valence-electron chi connectivity index (χ2n) is 4.53. The van der Waals surface area contributed by atoms with Gasteiger partial charge in [0, 0.05) is 17.7 Å². The van der Waals surface area contributed by atoms with Gasteiger partial charge in [-0.2, -0.15) is 0 Å². The third kappa shape index (κ3) is 3.70. The molecule has 1 heterocycles. The zero-order chi connectivity index (χ0) is 16.1. The average molecular weight is 305 g/mol. The van der Waals surface area contributed by atoms with Crippen molar-refractivity contribution in [3.8, 4) is 11.3 Å². The molecule has 2 aromatic rings. The van der Waals surface area contributed by atoms with E-state index in [1.54, 1.807) is 31.2 Å². The summed E-state index contributed by atoms with van der Waals surface area (Å²) < 4.78 is 10.2. The Morgan fingerprint density at radius 3 is 2.59 bits per heavy atom. The molecule has 0 bridgehead atoms. The Balaban J connectivity index is 2.10. The van der Waals surface area contributed by atoms with Gasteiger partial charge < -0.3 is 14.3 Å². The fraction of sp³-hybridized carbons (Fsp3) is 0.267. The minimum absolute atomic E-state index is 0.0159. The van der Waals surface area contributed by atoms with E-state index in [2.05, 4.69) is 0 Å². The van der Waals surface area contributed by atoms with Crippen LogP contribution in [0.5, 0.6) is 0 Å². The highest BCUT2D eigenvalue weighted by Crippen LogP contribution is 2.28. The Hall–Kier alpha value is -2.67. The zero-order valence-electron chi connectivity index (χ0n) is 11.9. The van der Waals surface area contributed by atoms with Gasteiger partial charge in [-0.05, 0) is 31.2 Å². The van der Waals surface area contributed by atoms with Crippen LogP contribution in [-0.2, 0) is 9.53 Å². The van der Waals surface area contributed by atoms with Gasteiger partial charge in [-0.15, -0.1) is 0 Å². The lowest BCUT2D eigenvalue weighted by Crippen LogP contribution is -2.09. The lowest BCUT2D eigenvalue weighted by Gasteiger charge is -2.07. The highest BCUT2D eigenvalue weighted by Gasteiger charge is 2.18. The maximum atomic E-state index is 11.3. The predicted molar refractivity (Wildman–Crippen MR) is 77.0 cm³/mol. The van der Waals surface area contributed by atoms with E-state index in [9.17, 15) is 20.0 Å². The summed E-state index contributed by atoms with van der Waals surface area (Å²) in [6.45, 7) is 1.93. The minimum atomic E-state index is -1.09. The zero-order valence-corrected chi connectivity index (χ0v) is 11.9. The van der Waals surface area contributed by atoms with E-state index >= 15 is 0 Å². The number of non-ortho nitro benzene ring substituents is 1. The summed E-state index contributed by atoms with van der Waals surface area (Å²) in [4.78, 5) is 21.4. The van der Waals surface area contributed by atoms with E-state index < -0.39 is 17.0 Å². The number of carbonyl (C=O) groups is 1. The molecule has 0 saturated carbocycles. The van der Waals surface area contributed by atoms with Crippen LogP contribution < -0.4 is 0 Å². The van der Waals surface area contributed by atoms with E-state index in [1.807, 2.05) is 0 Å². The Bertz CT molecular complexity index is 661. The van der Waals surface area contributed by atoms with E-state index in [1.165, 1.54) is 12.1 Å². The molecule has 7 nitrogen and oxygen atoms in total. The van der Waals surface area contributed by atoms with Crippen LogP contribution in [0, 0.1) is 10.1 Å². The van der Waals surface area contributed by atoms with Crippen LogP contribution in [0.1, 0.15) is 25.2 Å². The van der Waals surface area contributed by atoms with Crippen LogP contribution in [0.15, 0.2) is 40.8 Å². The second-order valence-corrected chi connectivity index (χ2v) is 4.53. The molecule has 0 aliphatic rings. The number of furan rings is 1. The lowest BCUT2D eigenvalue weighted by molar-refractivity contribution is -0.384. The maximum absolute atomic E-state index is 11.3. The second kappa shape index (κ2) is 6.86.